The van der Waals surface area contributed by atoms with Gasteiger partial charge in [-0.3, -0.25) is 0 Å². The topological polar surface area (TPSA) is 29.5 Å². The Kier molecular flexibility index (Phi) is 3.52. The number of benzene rings is 2. The maximum absolute atomic E-state index is 9.16. The lowest BCUT2D eigenvalue weighted by atomic mass is 10.0. The van der Waals surface area contributed by atoms with Gasteiger partial charge in [0.25, 0.3) is 0 Å². The monoisotopic (exact) mass is 338 g/mol. The van der Waals surface area contributed by atoms with Crippen molar-refractivity contribution < 1.29 is 9.84 Å². The van der Waals surface area contributed by atoms with Crippen molar-refractivity contribution in [3.63, 3.8) is 0 Å². The van der Waals surface area contributed by atoms with E-state index in [9.17, 15) is 0 Å². The summed E-state index contributed by atoms with van der Waals surface area (Å²) in [5.74, 6) is 0.873. The summed E-state index contributed by atoms with van der Waals surface area (Å²) in [5, 5.41) is 9.88. The number of halogens is 2. The van der Waals surface area contributed by atoms with Gasteiger partial charge in [0.15, 0.2) is 0 Å². The Morgan fingerprint density at radius 1 is 1.26 bits per heavy atom. The van der Waals surface area contributed by atoms with Gasteiger partial charge in [-0.15, -0.1) is 0 Å². The van der Waals surface area contributed by atoms with Crippen LogP contribution in [-0.2, 0) is 13.0 Å². The second-order valence-electron chi connectivity index (χ2n) is 4.58. The van der Waals surface area contributed by atoms with Crippen LogP contribution in [0.3, 0.4) is 0 Å². The Morgan fingerprint density at radius 3 is 2.89 bits per heavy atom. The van der Waals surface area contributed by atoms with Crippen LogP contribution in [0, 0.1) is 0 Å². The fraction of sp³-hybridized carbons (Fsp3) is 0.200. The summed E-state index contributed by atoms with van der Waals surface area (Å²) in [6.45, 7) is 0.0512. The van der Waals surface area contributed by atoms with Crippen LogP contribution in [0.4, 0.5) is 0 Å². The van der Waals surface area contributed by atoms with Crippen LogP contribution in [0.15, 0.2) is 40.9 Å². The van der Waals surface area contributed by atoms with Crippen molar-refractivity contribution in [1.82, 2.24) is 0 Å². The summed E-state index contributed by atoms with van der Waals surface area (Å²) in [6.07, 6.45) is 0.716. The third kappa shape index (κ3) is 2.50. The highest BCUT2D eigenvalue weighted by Gasteiger charge is 2.26. The second-order valence-corrected chi connectivity index (χ2v) is 5.90. The number of ether oxygens (including phenoxy) is 1. The molecule has 0 aromatic heterocycles. The maximum Gasteiger partial charge on any atom is 0.129 e. The van der Waals surface area contributed by atoms with Crippen molar-refractivity contribution >= 4 is 27.5 Å². The van der Waals surface area contributed by atoms with Crippen LogP contribution in [0.25, 0.3) is 0 Å². The number of rotatable bonds is 2. The van der Waals surface area contributed by atoms with E-state index >= 15 is 0 Å². The van der Waals surface area contributed by atoms with Crippen molar-refractivity contribution in [1.29, 1.82) is 0 Å². The summed E-state index contributed by atoms with van der Waals surface area (Å²) < 4.78 is 6.93. The van der Waals surface area contributed by atoms with E-state index in [1.807, 2.05) is 36.4 Å². The third-order valence-electron chi connectivity index (χ3n) is 3.29. The minimum atomic E-state index is -0.0612. The van der Waals surface area contributed by atoms with Crippen molar-refractivity contribution in [2.75, 3.05) is 0 Å². The van der Waals surface area contributed by atoms with Crippen molar-refractivity contribution in [3.05, 3.63) is 62.6 Å². The number of aliphatic hydroxyl groups excluding tert-OH is 1. The Bertz CT molecular complexity index is 628. The predicted molar refractivity (Wildman–Crippen MR) is 78.6 cm³/mol. The highest BCUT2D eigenvalue weighted by Crippen LogP contribution is 2.40. The summed E-state index contributed by atoms with van der Waals surface area (Å²) in [5.41, 5.74) is 3.01. The molecule has 1 aliphatic rings. The normalized spacial score (nSPS) is 17.1. The van der Waals surface area contributed by atoms with E-state index in [-0.39, 0.29) is 12.7 Å². The number of hydrogen-bond acceptors (Lipinski definition) is 2. The van der Waals surface area contributed by atoms with Crippen LogP contribution in [-0.4, -0.2) is 5.11 Å². The lowest BCUT2D eigenvalue weighted by molar-refractivity contribution is 0.238. The van der Waals surface area contributed by atoms with Crippen molar-refractivity contribution in [2.45, 2.75) is 19.1 Å². The second kappa shape index (κ2) is 5.16. The van der Waals surface area contributed by atoms with Crippen LogP contribution in [0.1, 0.15) is 22.8 Å². The fourth-order valence-corrected chi connectivity index (χ4v) is 2.95. The predicted octanol–water partition coefficient (Wildman–Crippen LogP) is 4.27. The average Bonchev–Trinajstić information content (AvgIpc) is 2.83. The van der Waals surface area contributed by atoms with E-state index in [2.05, 4.69) is 15.9 Å². The zero-order chi connectivity index (χ0) is 13.4. The van der Waals surface area contributed by atoms with Crippen LogP contribution in [0.5, 0.6) is 5.75 Å². The van der Waals surface area contributed by atoms with Crippen LogP contribution < -0.4 is 4.74 Å². The lowest BCUT2D eigenvalue weighted by Crippen LogP contribution is -2.03. The first kappa shape index (κ1) is 13.0. The van der Waals surface area contributed by atoms with Gasteiger partial charge in [-0.25, -0.2) is 0 Å². The van der Waals surface area contributed by atoms with Gasteiger partial charge in [0.1, 0.15) is 11.9 Å². The average molecular weight is 340 g/mol. The molecule has 1 unspecified atom stereocenters. The molecule has 19 heavy (non-hydrogen) atoms. The quantitative estimate of drug-likeness (QED) is 0.885. The zero-order valence-corrected chi connectivity index (χ0v) is 12.4. The first-order chi connectivity index (χ1) is 9.17. The molecule has 0 aliphatic carbocycles. The number of aliphatic hydroxyl groups is 1. The van der Waals surface area contributed by atoms with Gasteiger partial charge in [-0.2, -0.15) is 0 Å². The zero-order valence-electron chi connectivity index (χ0n) is 10.1. The minimum Gasteiger partial charge on any atom is -0.485 e. The SMILES string of the molecule is OCc1ccc2c(c1)CC(c1cc(Br)ccc1Cl)O2. The molecular formula is C15H12BrClO2. The standard InChI is InChI=1S/C15H12BrClO2/c16-11-2-3-13(17)12(7-11)15-6-10-5-9(8-18)1-4-14(10)19-15/h1-5,7,15,18H,6,8H2. The van der Waals surface area contributed by atoms with Gasteiger partial charge in [-0.05, 0) is 41.5 Å². The maximum atomic E-state index is 9.16. The Balaban J connectivity index is 1.93. The molecule has 0 spiro atoms. The Morgan fingerprint density at radius 2 is 2.11 bits per heavy atom. The molecule has 0 bridgehead atoms. The van der Waals surface area contributed by atoms with Gasteiger partial charge in [0, 0.05) is 21.5 Å². The van der Waals surface area contributed by atoms with E-state index in [4.69, 9.17) is 21.4 Å². The van der Waals surface area contributed by atoms with Gasteiger partial charge in [-0.1, -0.05) is 33.6 Å². The molecule has 1 atom stereocenters. The number of hydrogen-bond donors (Lipinski definition) is 1. The molecule has 0 saturated carbocycles. The van der Waals surface area contributed by atoms with Crippen molar-refractivity contribution in [2.24, 2.45) is 0 Å². The van der Waals surface area contributed by atoms with Crippen LogP contribution in [0.2, 0.25) is 5.02 Å². The molecule has 1 heterocycles. The highest BCUT2D eigenvalue weighted by molar-refractivity contribution is 9.10. The van der Waals surface area contributed by atoms with E-state index in [1.54, 1.807) is 0 Å². The lowest BCUT2D eigenvalue weighted by Gasteiger charge is -2.13. The van der Waals surface area contributed by atoms with Gasteiger partial charge in [0.2, 0.25) is 0 Å². The molecule has 98 valence electrons. The molecule has 0 radical (unpaired) electrons. The first-order valence-corrected chi connectivity index (χ1v) is 7.19. The molecule has 0 saturated heterocycles. The summed E-state index contributed by atoms with van der Waals surface area (Å²) in [7, 11) is 0. The summed E-state index contributed by atoms with van der Waals surface area (Å²) >= 11 is 9.69. The molecule has 3 rings (SSSR count). The molecule has 2 nitrogen and oxygen atoms in total. The van der Waals surface area contributed by atoms with E-state index in [1.165, 1.54) is 0 Å². The smallest absolute Gasteiger partial charge is 0.129 e. The Hall–Kier alpha value is -1.03. The fourth-order valence-electron chi connectivity index (χ4n) is 2.34. The summed E-state index contributed by atoms with van der Waals surface area (Å²) in [6, 6.07) is 11.5. The van der Waals surface area contributed by atoms with Gasteiger partial charge in [0.05, 0.1) is 6.61 Å². The van der Waals surface area contributed by atoms with E-state index < -0.39 is 0 Å². The number of fused-ring (bicyclic) bond motifs is 1. The van der Waals surface area contributed by atoms with E-state index in [0.717, 1.165) is 33.3 Å². The molecule has 0 amide bonds. The molecular weight excluding hydrogens is 328 g/mol. The molecule has 0 fully saturated rings. The highest BCUT2D eigenvalue weighted by atomic mass is 79.9. The molecule has 2 aromatic rings. The van der Waals surface area contributed by atoms with Gasteiger partial charge >= 0.3 is 0 Å². The molecule has 2 aromatic carbocycles. The van der Waals surface area contributed by atoms with Gasteiger partial charge < -0.3 is 9.84 Å². The first-order valence-electron chi connectivity index (χ1n) is 6.01. The Labute approximate surface area is 125 Å². The summed E-state index contributed by atoms with van der Waals surface area (Å²) in [4.78, 5) is 0. The van der Waals surface area contributed by atoms with Crippen molar-refractivity contribution in [3.8, 4) is 5.75 Å². The minimum absolute atomic E-state index is 0.0512. The van der Waals surface area contributed by atoms with E-state index in [0.29, 0.717) is 5.02 Å². The largest absolute Gasteiger partial charge is 0.485 e. The molecule has 4 heteroatoms. The third-order valence-corrected chi connectivity index (χ3v) is 4.12. The molecule has 1 aliphatic heterocycles. The van der Waals surface area contributed by atoms with Crippen LogP contribution >= 0.6 is 27.5 Å². The molecule has 1 N–H and O–H groups in total.